The molecule has 0 spiro atoms. The zero-order valence-electron chi connectivity index (χ0n) is 24.6. The highest BCUT2D eigenvalue weighted by Crippen LogP contribution is 2.32. The van der Waals surface area contributed by atoms with Gasteiger partial charge in [0, 0.05) is 31.1 Å². The summed E-state index contributed by atoms with van der Waals surface area (Å²) in [6.45, 7) is 14.6. The summed E-state index contributed by atoms with van der Waals surface area (Å²) < 4.78 is 10.4. The molecule has 0 bridgehead atoms. The third-order valence-electron chi connectivity index (χ3n) is 6.44. The maximum absolute atomic E-state index is 11.9. The zero-order chi connectivity index (χ0) is 29.2. The molecule has 0 aromatic rings. The third kappa shape index (κ3) is 15.0. The van der Waals surface area contributed by atoms with E-state index in [0.717, 1.165) is 77.5 Å². The van der Waals surface area contributed by atoms with Crippen LogP contribution in [0.15, 0.2) is 0 Å². The Labute approximate surface area is 233 Å². The van der Waals surface area contributed by atoms with Gasteiger partial charge in [-0.15, -0.1) is 0 Å². The van der Waals surface area contributed by atoms with Crippen LogP contribution in [0.4, 0.5) is 9.59 Å². The van der Waals surface area contributed by atoms with Crippen LogP contribution in [0.2, 0.25) is 0 Å². The van der Waals surface area contributed by atoms with Gasteiger partial charge < -0.3 is 35.4 Å². The minimum absolute atomic E-state index is 0.0185. The minimum Gasteiger partial charge on any atom is -0.481 e. The Morgan fingerprint density at radius 1 is 0.692 bits per heavy atom. The lowest BCUT2D eigenvalue weighted by Crippen LogP contribution is -2.48. The Morgan fingerprint density at radius 2 is 1.10 bits per heavy atom. The molecule has 4 aliphatic rings. The number of likely N-dealkylation sites (tertiary alicyclic amines) is 1. The first-order chi connectivity index (χ1) is 18.1. The fourth-order valence-electron chi connectivity index (χ4n) is 4.08. The minimum atomic E-state index is -0.630. The van der Waals surface area contributed by atoms with Gasteiger partial charge in [-0.05, 0) is 106 Å². The van der Waals surface area contributed by atoms with E-state index in [1.807, 2.05) is 46.4 Å². The number of hydrogen-bond acceptors (Lipinski definition) is 7. The molecule has 2 saturated carbocycles. The van der Waals surface area contributed by atoms with Crippen LogP contribution in [0.25, 0.3) is 0 Å². The Balaban J connectivity index is 0.000000232. The number of hydrogen-bond donors (Lipinski definition) is 4. The highest BCUT2D eigenvalue weighted by atomic mass is 16.6. The molecule has 2 heterocycles. The maximum Gasteiger partial charge on any atom is 0.407 e. The van der Waals surface area contributed by atoms with Crippen LogP contribution in [0, 0.1) is 11.8 Å². The van der Waals surface area contributed by atoms with E-state index in [4.69, 9.17) is 14.6 Å². The number of nitrogens with zero attached hydrogens (tertiary/aromatic N) is 1. The summed E-state index contributed by atoms with van der Waals surface area (Å²) in [6.07, 6.45) is 6.84. The highest BCUT2D eigenvalue weighted by Gasteiger charge is 2.35. The summed E-state index contributed by atoms with van der Waals surface area (Å²) >= 11 is 0. The van der Waals surface area contributed by atoms with Gasteiger partial charge in [-0.3, -0.25) is 9.59 Å². The maximum atomic E-state index is 11.9. The normalized spacial score (nSPS) is 20.3. The average Bonchev–Trinajstić information content (AvgIpc) is 3.71. The predicted molar refractivity (Wildman–Crippen MR) is 147 cm³/mol. The van der Waals surface area contributed by atoms with E-state index in [0.29, 0.717) is 5.91 Å². The van der Waals surface area contributed by atoms with Crippen molar-refractivity contribution in [3.8, 4) is 0 Å². The number of ether oxygens (including phenoxy) is 2. The fourth-order valence-corrected chi connectivity index (χ4v) is 4.08. The van der Waals surface area contributed by atoms with Crippen LogP contribution < -0.4 is 16.0 Å². The zero-order valence-corrected chi connectivity index (χ0v) is 24.6. The van der Waals surface area contributed by atoms with Gasteiger partial charge in [0.15, 0.2) is 0 Å². The molecule has 11 nitrogen and oxygen atoms in total. The first-order valence-electron chi connectivity index (χ1n) is 14.3. The first-order valence-corrected chi connectivity index (χ1v) is 14.3. The quantitative estimate of drug-likeness (QED) is 0.412. The largest absolute Gasteiger partial charge is 0.481 e. The Bertz CT molecular complexity index is 815. The molecule has 2 saturated heterocycles. The van der Waals surface area contributed by atoms with Gasteiger partial charge >= 0.3 is 18.2 Å². The van der Waals surface area contributed by atoms with Crippen LogP contribution >= 0.6 is 0 Å². The van der Waals surface area contributed by atoms with Gasteiger partial charge in [0.2, 0.25) is 5.91 Å². The number of carbonyl (C=O) groups excluding carboxylic acids is 3. The summed E-state index contributed by atoms with van der Waals surface area (Å²) in [5.41, 5.74) is -0.871. The number of alkyl carbamates (subject to hydrolysis) is 2. The molecule has 4 fully saturated rings. The van der Waals surface area contributed by atoms with Crippen molar-refractivity contribution in [2.45, 2.75) is 116 Å². The Kier molecular flexibility index (Phi) is 12.3. The highest BCUT2D eigenvalue weighted by molar-refractivity contribution is 5.81. The van der Waals surface area contributed by atoms with E-state index in [1.165, 1.54) is 0 Å². The molecule has 0 unspecified atom stereocenters. The molecule has 0 radical (unpaired) electrons. The summed E-state index contributed by atoms with van der Waals surface area (Å²) in [4.78, 5) is 46.6. The van der Waals surface area contributed by atoms with Crippen LogP contribution in [0.1, 0.15) is 92.9 Å². The van der Waals surface area contributed by atoms with Gasteiger partial charge in [-0.1, -0.05) is 0 Å². The lowest BCUT2D eigenvalue weighted by Gasteiger charge is -2.33. The summed E-state index contributed by atoms with van der Waals surface area (Å²) in [5, 5.41) is 17.1. The molecule has 0 atom stereocenters. The number of piperidine rings is 2. The molecule has 11 heteroatoms. The molecule has 0 aromatic heterocycles. The lowest BCUT2D eigenvalue weighted by molar-refractivity contribution is -0.138. The number of nitrogens with one attached hydrogen (secondary N) is 3. The van der Waals surface area contributed by atoms with Gasteiger partial charge in [0.1, 0.15) is 11.2 Å². The molecule has 2 aliphatic heterocycles. The topological polar surface area (TPSA) is 146 Å². The Hall–Kier alpha value is -2.56. The Morgan fingerprint density at radius 3 is 1.44 bits per heavy atom. The second kappa shape index (κ2) is 14.7. The monoisotopic (exact) mass is 554 g/mol. The standard InChI is InChI=1S/C14H24N2O3.C10H20N2O2.C4H6O2/c1-14(2,3)19-13(18)15-11-6-8-16(9-7-11)12(17)10-4-5-10;1-10(2,3)14-9(13)12-8-4-6-11-7-5-8;5-4(6)3-1-2-3/h10-11H,4-9H2,1-3H3,(H,15,18);8,11H,4-7H2,1-3H3,(H,12,13);3H,1-2H2,(H,5,6). The van der Waals surface area contributed by atoms with Crippen molar-refractivity contribution in [1.29, 1.82) is 0 Å². The van der Waals surface area contributed by atoms with Gasteiger partial charge in [0.05, 0.1) is 5.92 Å². The predicted octanol–water partition coefficient (Wildman–Crippen LogP) is 3.66. The molecule has 4 N–H and O–H groups in total. The molecular formula is C28H50N4O7. The molecule has 4 rings (SSSR count). The van der Waals surface area contributed by atoms with E-state index >= 15 is 0 Å². The SMILES string of the molecule is CC(C)(C)OC(=O)NC1CCN(C(=O)C2CC2)CC1.CC(C)(C)OC(=O)NC1CCNCC1.O=C(O)C1CC1. The van der Waals surface area contributed by atoms with E-state index in [9.17, 15) is 19.2 Å². The number of carbonyl (C=O) groups is 4. The number of carboxylic acids is 1. The smallest absolute Gasteiger partial charge is 0.407 e. The third-order valence-corrected chi connectivity index (χ3v) is 6.44. The van der Waals surface area contributed by atoms with Crippen molar-refractivity contribution >= 4 is 24.1 Å². The molecule has 0 aromatic carbocycles. The van der Waals surface area contributed by atoms with Gasteiger partial charge in [-0.2, -0.15) is 0 Å². The second-order valence-corrected chi connectivity index (χ2v) is 12.8. The molecule has 2 aliphatic carbocycles. The number of carboxylic acid groups (broad SMARTS) is 1. The van der Waals surface area contributed by atoms with Crippen molar-refractivity contribution < 1.29 is 33.8 Å². The summed E-state index contributed by atoms with van der Waals surface area (Å²) in [6, 6.07) is 0.393. The van der Waals surface area contributed by atoms with Gasteiger partial charge in [-0.25, -0.2) is 9.59 Å². The van der Waals surface area contributed by atoms with Crippen molar-refractivity contribution in [2.24, 2.45) is 11.8 Å². The van der Waals surface area contributed by atoms with Gasteiger partial charge in [0.25, 0.3) is 0 Å². The van der Waals surface area contributed by atoms with Crippen LogP contribution in [0.3, 0.4) is 0 Å². The van der Waals surface area contributed by atoms with Crippen molar-refractivity contribution in [3.05, 3.63) is 0 Å². The second-order valence-electron chi connectivity index (χ2n) is 12.8. The van der Waals surface area contributed by atoms with E-state index in [2.05, 4.69) is 16.0 Å². The van der Waals surface area contributed by atoms with E-state index in [1.54, 1.807) is 0 Å². The number of rotatable bonds is 4. The van der Waals surface area contributed by atoms with Crippen molar-refractivity contribution in [1.82, 2.24) is 20.9 Å². The van der Waals surface area contributed by atoms with Crippen LogP contribution in [-0.2, 0) is 19.1 Å². The van der Waals surface area contributed by atoms with Crippen LogP contribution in [0.5, 0.6) is 0 Å². The number of aliphatic carboxylic acids is 1. The first kappa shape index (κ1) is 32.7. The van der Waals surface area contributed by atoms with Crippen molar-refractivity contribution in [3.63, 3.8) is 0 Å². The van der Waals surface area contributed by atoms with Crippen molar-refractivity contribution in [2.75, 3.05) is 26.2 Å². The summed E-state index contributed by atoms with van der Waals surface area (Å²) in [7, 11) is 0. The molecule has 3 amide bonds. The molecular weight excluding hydrogens is 504 g/mol. The van der Waals surface area contributed by atoms with Crippen LogP contribution in [-0.4, -0.2) is 83.5 Å². The van der Waals surface area contributed by atoms with E-state index in [-0.39, 0.29) is 36.1 Å². The average molecular weight is 555 g/mol. The fraction of sp³-hybridized carbons (Fsp3) is 0.857. The lowest BCUT2D eigenvalue weighted by atomic mass is 10.0. The number of amides is 3. The molecule has 224 valence electrons. The van der Waals surface area contributed by atoms with E-state index < -0.39 is 17.2 Å². The summed E-state index contributed by atoms with van der Waals surface area (Å²) in [5.74, 6) is -0.0221. The molecule has 39 heavy (non-hydrogen) atoms.